The highest BCUT2D eigenvalue weighted by Gasteiger charge is 2.11. The Hall–Kier alpha value is -1.04. The molecule has 0 aromatic rings. The maximum atomic E-state index is 2.47. The van der Waals surface area contributed by atoms with Gasteiger partial charge in [0.1, 0.15) is 0 Å². The van der Waals surface area contributed by atoms with Gasteiger partial charge in [-0.1, -0.05) is 141 Å². The lowest BCUT2D eigenvalue weighted by Crippen LogP contribution is -2.08. The second-order valence-corrected chi connectivity index (χ2v) is 12.7. The average molecular weight is 555 g/mol. The molecule has 0 saturated carbocycles. The van der Waals surface area contributed by atoms with Crippen LogP contribution in [0.4, 0.5) is 0 Å². The molecule has 234 valence electrons. The van der Waals surface area contributed by atoms with E-state index < -0.39 is 0 Å². The van der Waals surface area contributed by atoms with Gasteiger partial charge in [-0.25, -0.2) is 0 Å². The molecule has 0 radical (unpaired) electrons. The second kappa shape index (κ2) is 34.2. The van der Waals surface area contributed by atoms with Crippen molar-refractivity contribution >= 4 is 0 Å². The van der Waals surface area contributed by atoms with Gasteiger partial charge in [0.25, 0.3) is 0 Å². The van der Waals surface area contributed by atoms with Crippen LogP contribution < -0.4 is 0 Å². The van der Waals surface area contributed by atoms with Crippen molar-refractivity contribution in [1.82, 2.24) is 0 Å². The van der Waals surface area contributed by atoms with Crippen LogP contribution in [-0.4, -0.2) is 0 Å². The van der Waals surface area contributed by atoms with Crippen LogP contribution in [0.2, 0.25) is 0 Å². The Morgan fingerprint density at radius 2 is 0.575 bits per heavy atom. The molecule has 0 rings (SSSR count). The number of hydrogen-bond acceptors (Lipinski definition) is 0. The average Bonchev–Trinajstić information content (AvgIpc) is 2.95. The van der Waals surface area contributed by atoms with E-state index in [9.17, 15) is 0 Å². The van der Waals surface area contributed by atoms with E-state index in [2.05, 4.69) is 76.3 Å². The normalized spacial score (nSPS) is 12.7. The largest absolute Gasteiger partial charge is 0.0885 e. The third kappa shape index (κ3) is 31.5. The summed E-state index contributed by atoms with van der Waals surface area (Å²) in [6.45, 7) is 9.40. The van der Waals surface area contributed by atoms with E-state index in [0.717, 1.165) is 11.8 Å². The van der Waals surface area contributed by atoms with E-state index in [4.69, 9.17) is 0 Å². The number of allylic oxidation sites excluding steroid dienone is 8. The number of hydrogen-bond donors (Lipinski definition) is 0. The molecule has 0 aliphatic rings. The second-order valence-electron chi connectivity index (χ2n) is 12.7. The summed E-state index contributed by atoms with van der Waals surface area (Å²) < 4.78 is 0. The Morgan fingerprint density at radius 1 is 0.325 bits per heavy atom. The molecule has 0 aromatic heterocycles. The third-order valence-electron chi connectivity index (χ3n) is 8.45. The molecule has 0 aliphatic carbocycles. The van der Waals surface area contributed by atoms with Crippen molar-refractivity contribution in [2.75, 3.05) is 0 Å². The fraction of sp³-hybridized carbons (Fsp3) is 0.800. The summed E-state index contributed by atoms with van der Waals surface area (Å²) in [6.07, 6.45) is 54.6. The number of unbranched alkanes of at least 4 members (excludes halogenated alkanes) is 18. The summed E-state index contributed by atoms with van der Waals surface area (Å²) in [6, 6.07) is 0. The molecule has 0 aliphatic heterocycles. The first kappa shape index (κ1) is 39.0. The molecule has 0 amide bonds. The van der Waals surface area contributed by atoms with Gasteiger partial charge in [0.2, 0.25) is 0 Å². The zero-order chi connectivity index (χ0) is 29.2. The maximum absolute atomic E-state index is 2.47. The summed E-state index contributed by atoms with van der Waals surface area (Å²) in [7, 11) is 0. The van der Waals surface area contributed by atoms with Crippen LogP contribution in [-0.2, 0) is 0 Å². The zero-order valence-electron chi connectivity index (χ0n) is 28.2. The van der Waals surface area contributed by atoms with Crippen molar-refractivity contribution in [3.05, 3.63) is 48.6 Å². The highest BCUT2D eigenvalue weighted by atomic mass is 14.2. The van der Waals surface area contributed by atoms with E-state index in [0.29, 0.717) is 0 Å². The molecular weight excluding hydrogens is 480 g/mol. The predicted octanol–water partition coefficient (Wildman–Crippen LogP) is 14.7. The van der Waals surface area contributed by atoms with Crippen molar-refractivity contribution in [2.45, 2.75) is 195 Å². The Morgan fingerprint density at radius 3 is 0.850 bits per heavy atom. The molecule has 0 spiro atoms. The summed E-state index contributed by atoms with van der Waals surface area (Å²) in [5.41, 5.74) is 0. The van der Waals surface area contributed by atoms with Gasteiger partial charge in [0.05, 0.1) is 0 Å². The van der Waals surface area contributed by atoms with Gasteiger partial charge >= 0.3 is 0 Å². The van der Waals surface area contributed by atoms with Crippen LogP contribution in [0.1, 0.15) is 195 Å². The molecule has 0 N–H and O–H groups in total. The molecule has 0 saturated heterocycles. The van der Waals surface area contributed by atoms with Gasteiger partial charge < -0.3 is 0 Å². The van der Waals surface area contributed by atoms with Crippen LogP contribution in [0.15, 0.2) is 48.6 Å². The fourth-order valence-corrected chi connectivity index (χ4v) is 5.51. The smallest absolute Gasteiger partial charge is 0.0348 e. The monoisotopic (exact) mass is 555 g/mol. The highest BCUT2D eigenvalue weighted by Crippen LogP contribution is 2.23. The van der Waals surface area contributed by atoms with E-state index in [1.165, 1.54) is 167 Å². The van der Waals surface area contributed by atoms with Crippen molar-refractivity contribution in [2.24, 2.45) is 11.8 Å². The molecule has 0 aromatic carbocycles. The van der Waals surface area contributed by atoms with Crippen LogP contribution in [0, 0.1) is 11.8 Å². The van der Waals surface area contributed by atoms with E-state index in [1.807, 2.05) is 0 Å². The first-order chi connectivity index (χ1) is 19.7. The first-order valence-electron chi connectivity index (χ1n) is 18.3. The van der Waals surface area contributed by atoms with Gasteiger partial charge in [-0.15, -0.1) is 0 Å². The Labute approximate surface area is 254 Å². The van der Waals surface area contributed by atoms with E-state index in [1.54, 1.807) is 0 Å². The van der Waals surface area contributed by atoms with Crippen LogP contribution in [0.3, 0.4) is 0 Å². The van der Waals surface area contributed by atoms with E-state index in [-0.39, 0.29) is 0 Å². The molecule has 0 heteroatoms. The molecule has 0 nitrogen and oxygen atoms in total. The quantitative estimate of drug-likeness (QED) is 0.0590. The van der Waals surface area contributed by atoms with Gasteiger partial charge in [-0.05, 0) is 115 Å². The Bertz CT molecular complexity index is 527. The third-order valence-corrected chi connectivity index (χ3v) is 8.45. The molecule has 0 atom stereocenters. The lowest BCUT2D eigenvalue weighted by molar-refractivity contribution is 0.341. The fourth-order valence-electron chi connectivity index (χ4n) is 5.51. The Kier molecular flexibility index (Phi) is 33.3. The Balaban J connectivity index is 3.58. The van der Waals surface area contributed by atoms with Crippen molar-refractivity contribution in [1.29, 1.82) is 0 Å². The molecule has 0 bridgehead atoms. The van der Waals surface area contributed by atoms with Gasteiger partial charge in [0.15, 0.2) is 0 Å². The number of rotatable bonds is 31. The van der Waals surface area contributed by atoms with Crippen molar-refractivity contribution in [3.8, 4) is 0 Å². The minimum Gasteiger partial charge on any atom is -0.0885 e. The summed E-state index contributed by atoms with van der Waals surface area (Å²) in [5, 5.41) is 0. The predicted molar refractivity (Wildman–Crippen MR) is 186 cm³/mol. The molecule has 0 heterocycles. The van der Waals surface area contributed by atoms with Crippen LogP contribution in [0.25, 0.3) is 0 Å². The van der Waals surface area contributed by atoms with Gasteiger partial charge in [-0.3, -0.25) is 0 Å². The van der Waals surface area contributed by atoms with Crippen LogP contribution in [0.5, 0.6) is 0 Å². The highest BCUT2D eigenvalue weighted by molar-refractivity contribution is 4.86. The minimum absolute atomic E-state index is 0.805. The molecular formula is C40H74. The van der Waals surface area contributed by atoms with Crippen molar-refractivity contribution < 1.29 is 0 Å². The molecule has 0 unspecified atom stereocenters. The standard InChI is InChI=1S/C40H74/c1-5-7-9-11-13-15-17-19-21-23-25-27-29-31-33-35-37-40(39(3)4)38-36-34-32-30-28-26-24-22-20-18-16-14-12-10-8-6-2/h13-16,31-34,39-40H,5-12,17-30,35-38H2,1-4H3/b15-13+,16-14+,33-31+,34-32+. The van der Waals surface area contributed by atoms with Gasteiger partial charge in [-0.2, -0.15) is 0 Å². The molecule has 0 fully saturated rings. The maximum Gasteiger partial charge on any atom is -0.0348 e. The molecule has 40 heavy (non-hydrogen) atoms. The SMILES string of the molecule is CCCCC/C=C/CCCCCCC/C=C/CCC(CC/C=C/CCCCCCC/C=C/CCCCC)C(C)C. The van der Waals surface area contributed by atoms with E-state index >= 15 is 0 Å². The lowest BCUT2D eigenvalue weighted by Gasteiger charge is -2.19. The summed E-state index contributed by atoms with van der Waals surface area (Å²) >= 11 is 0. The summed E-state index contributed by atoms with van der Waals surface area (Å²) in [4.78, 5) is 0. The first-order valence-corrected chi connectivity index (χ1v) is 18.3. The topological polar surface area (TPSA) is 0 Å². The minimum atomic E-state index is 0.805. The van der Waals surface area contributed by atoms with Crippen LogP contribution >= 0.6 is 0 Å². The van der Waals surface area contributed by atoms with Gasteiger partial charge in [0, 0.05) is 0 Å². The summed E-state index contributed by atoms with van der Waals surface area (Å²) in [5.74, 6) is 1.68. The lowest BCUT2D eigenvalue weighted by atomic mass is 9.87. The van der Waals surface area contributed by atoms with Crippen molar-refractivity contribution in [3.63, 3.8) is 0 Å². The zero-order valence-corrected chi connectivity index (χ0v) is 28.2.